The number of piperidine rings is 1. The lowest BCUT2D eigenvalue weighted by molar-refractivity contribution is -0.147. The molecule has 1 rings (SSSR count). The standard InChI is InChI=1S/C14H26N2O3/c1-9(2)11(4)15-12(17)8-16-7-5-6-10(3)13(16)14(18)19/h9-11,13H,5-8H2,1-4H3,(H,15,17)(H,18,19). The summed E-state index contributed by atoms with van der Waals surface area (Å²) in [7, 11) is 0. The highest BCUT2D eigenvalue weighted by Gasteiger charge is 2.35. The molecular formula is C14H26N2O3. The molecule has 1 fully saturated rings. The fourth-order valence-electron chi connectivity index (χ4n) is 2.50. The Morgan fingerprint density at radius 1 is 1.37 bits per heavy atom. The zero-order valence-corrected chi connectivity index (χ0v) is 12.3. The summed E-state index contributed by atoms with van der Waals surface area (Å²) < 4.78 is 0. The van der Waals surface area contributed by atoms with Crippen LogP contribution in [0.5, 0.6) is 0 Å². The molecule has 1 aliphatic heterocycles. The molecule has 1 heterocycles. The quantitative estimate of drug-likeness (QED) is 0.791. The minimum absolute atomic E-state index is 0.0819. The van der Waals surface area contributed by atoms with Crippen LogP contribution in [0.15, 0.2) is 0 Å². The maximum absolute atomic E-state index is 12.0. The fourth-order valence-corrected chi connectivity index (χ4v) is 2.50. The molecule has 2 N–H and O–H groups in total. The normalized spacial score (nSPS) is 26.2. The van der Waals surface area contributed by atoms with Gasteiger partial charge in [0.2, 0.25) is 5.91 Å². The lowest BCUT2D eigenvalue weighted by atomic mass is 9.91. The Hall–Kier alpha value is -1.10. The highest BCUT2D eigenvalue weighted by atomic mass is 16.4. The van der Waals surface area contributed by atoms with Gasteiger partial charge in [-0.2, -0.15) is 0 Å². The average Bonchev–Trinajstić information content (AvgIpc) is 2.27. The highest BCUT2D eigenvalue weighted by molar-refractivity contribution is 5.80. The monoisotopic (exact) mass is 270 g/mol. The number of nitrogens with zero attached hydrogens (tertiary/aromatic N) is 1. The van der Waals surface area contributed by atoms with Gasteiger partial charge < -0.3 is 10.4 Å². The molecule has 1 aliphatic rings. The van der Waals surface area contributed by atoms with E-state index in [1.165, 1.54) is 0 Å². The first-order valence-electron chi connectivity index (χ1n) is 7.09. The number of carboxylic acid groups (broad SMARTS) is 1. The maximum atomic E-state index is 12.0. The van der Waals surface area contributed by atoms with Crippen molar-refractivity contribution in [1.82, 2.24) is 10.2 Å². The molecular weight excluding hydrogens is 244 g/mol. The largest absolute Gasteiger partial charge is 0.480 e. The van der Waals surface area contributed by atoms with E-state index in [-0.39, 0.29) is 24.4 Å². The van der Waals surface area contributed by atoms with Crippen molar-refractivity contribution >= 4 is 11.9 Å². The Morgan fingerprint density at radius 3 is 2.53 bits per heavy atom. The number of hydrogen-bond acceptors (Lipinski definition) is 3. The van der Waals surface area contributed by atoms with E-state index < -0.39 is 12.0 Å². The minimum Gasteiger partial charge on any atom is -0.480 e. The molecule has 1 amide bonds. The summed E-state index contributed by atoms with van der Waals surface area (Å²) in [5.74, 6) is -0.431. The highest BCUT2D eigenvalue weighted by Crippen LogP contribution is 2.23. The van der Waals surface area contributed by atoms with Gasteiger partial charge in [-0.15, -0.1) is 0 Å². The van der Waals surface area contributed by atoms with E-state index in [2.05, 4.69) is 5.32 Å². The predicted octanol–water partition coefficient (Wildman–Crippen LogP) is 1.33. The van der Waals surface area contributed by atoms with Crippen LogP contribution in [0.3, 0.4) is 0 Å². The third-order valence-corrected chi connectivity index (χ3v) is 4.03. The lowest BCUT2D eigenvalue weighted by Crippen LogP contribution is -2.53. The van der Waals surface area contributed by atoms with Crippen LogP contribution in [0.1, 0.15) is 40.5 Å². The number of carbonyl (C=O) groups excluding carboxylic acids is 1. The SMILES string of the molecule is CC(C)C(C)NC(=O)CN1CCCC(C)C1C(=O)O. The summed E-state index contributed by atoms with van der Waals surface area (Å²) in [6, 6.07) is -0.424. The van der Waals surface area contributed by atoms with Gasteiger partial charge in [0.1, 0.15) is 6.04 Å². The van der Waals surface area contributed by atoms with E-state index in [0.717, 1.165) is 12.8 Å². The number of likely N-dealkylation sites (tertiary alicyclic amines) is 1. The smallest absolute Gasteiger partial charge is 0.321 e. The van der Waals surface area contributed by atoms with Gasteiger partial charge in [-0.05, 0) is 38.1 Å². The molecule has 3 atom stereocenters. The number of nitrogens with one attached hydrogen (secondary N) is 1. The van der Waals surface area contributed by atoms with Crippen molar-refractivity contribution in [3.63, 3.8) is 0 Å². The Balaban J connectivity index is 2.58. The summed E-state index contributed by atoms with van der Waals surface area (Å²) in [5.41, 5.74) is 0. The second-order valence-corrected chi connectivity index (χ2v) is 5.97. The molecule has 0 radical (unpaired) electrons. The van der Waals surface area contributed by atoms with Gasteiger partial charge in [0.05, 0.1) is 6.54 Å². The first kappa shape index (κ1) is 16.0. The van der Waals surface area contributed by atoms with Crippen molar-refractivity contribution in [2.75, 3.05) is 13.1 Å². The molecule has 110 valence electrons. The van der Waals surface area contributed by atoms with Gasteiger partial charge in [-0.1, -0.05) is 20.8 Å². The number of rotatable bonds is 5. The molecule has 3 unspecified atom stereocenters. The molecule has 19 heavy (non-hydrogen) atoms. The maximum Gasteiger partial charge on any atom is 0.321 e. The molecule has 0 aromatic carbocycles. The van der Waals surface area contributed by atoms with Crippen molar-refractivity contribution in [3.05, 3.63) is 0 Å². The van der Waals surface area contributed by atoms with E-state index in [4.69, 9.17) is 0 Å². The number of carbonyl (C=O) groups is 2. The molecule has 0 bridgehead atoms. The van der Waals surface area contributed by atoms with Crippen LogP contribution < -0.4 is 5.32 Å². The van der Waals surface area contributed by atoms with E-state index in [1.54, 1.807) is 4.90 Å². The first-order chi connectivity index (χ1) is 8.82. The Bertz CT molecular complexity index is 331. The van der Waals surface area contributed by atoms with Crippen molar-refractivity contribution in [3.8, 4) is 0 Å². The number of amides is 1. The zero-order chi connectivity index (χ0) is 14.6. The van der Waals surface area contributed by atoms with Crippen molar-refractivity contribution in [1.29, 1.82) is 0 Å². The van der Waals surface area contributed by atoms with E-state index in [1.807, 2.05) is 27.7 Å². The molecule has 0 aromatic rings. The van der Waals surface area contributed by atoms with Gasteiger partial charge in [-0.25, -0.2) is 0 Å². The van der Waals surface area contributed by atoms with Crippen LogP contribution in [0.4, 0.5) is 0 Å². The van der Waals surface area contributed by atoms with Crippen LogP contribution in [0.25, 0.3) is 0 Å². The molecule has 0 aromatic heterocycles. The van der Waals surface area contributed by atoms with E-state index in [9.17, 15) is 14.7 Å². The summed E-state index contributed by atoms with van der Waals surface area (Å²) in [6.45, 7) is 8.88. The molecule has 0 spiro atoms. The summed E-state index contributed by atoms with van der Waals surface area (Å²) in [4.78, 5) is 25.1. The zero-order valence-electron chi connectivity index (χ0n) is 12.3. The Morgan fingerprint density at radius 2 is 2.00 bits per heavy atom. The van der Waals surface area contributed by atoms with Gasteiger partial charge >= 0.3 is 5.97 Å². The third kappa shape index (κ3) is 4.49. The van der Waals surface area contributed by atoms with Crippen LogP contribution in [0, 0.1) is 11.8 Å². The summed E-state index contributed by atoms with van der Waals surface area (Å²) in [6.07, 6.45) is 1.87. The topological polar surface area (TPSA) is 69.6 Å². The van der Waals surface area contributed by atoms with Crippen molar-refractivity contribution < 1.29 is 14.7 Å². The number of aliphatic carboxylic acids is 1. The predicted molar refractivity (Wildman–Crippen MR) is 73.8 cm³/mol. The van der Waals surface area contributed by atoms with E-state index >= 15 is 0 Å². The lowest BCUT2D eigenvalue weighted by Gasteiger charge is -2.37. The fraction of sp³-hybridized carbons (Fsp3) is 0.857. The first-order valence-corrected chi connectivity index (χ1v) is 7.09. The molecule has 0 aliphatic carbocycles. The van der Waals surface area contributed by atoms with Crippen LogP contribution in [0.2, 0.25) is 0 Å². The number of hydrogen-bond donors (Lipinski definition) is 2. The van der Waals surface area contributed by atoms with Crippen LogP contribution in [-0.4, -0.2) is 47.1 Å². The Kier molecular flexibility index (Phi) is 5.79. The van der Waals surface area contributed by atoms with Crippen molar-refractivity contribution in [2.45, 2.75) is 52.6 Å². The average molecular weight is 270 g/mol. The third-order valence-electron chi connectivity index (χ3n) is 4.03. The molecule has 5 nitrogen and oxygen atoms in total. The second-order valence-electron chi connectivity index (χ2n) is 5.97. The van der Waals surface area contributed by atoms with Gasteiger partial charge in [0, 0.05) is 6.04 Å². The van der Waals surface area contributed by atoms with Crippen LogP contribution >= 0.6 is 0 Å². The van der Waals surface area contributed by atoms with Gasteiger partial charge in [0.15, 0.2) is 0 Å². The summed E-state index contributed by atoms with van der Waals surface area (Å²) in [5, 5.41) is 12.2. The van der Waals surface area contributed by atoms with Crippen LogP contribution in [-0.2, 0) is 9.59 Å². The minimum atomic E-state index is -0.822. The van der Waals surface area contributed by atoms with Gasteiger partial charge in [-0.3, -0.25) is 14.5 Å². The number of carboxylic acids is 1. The van der Waals surface area contributed by atoms with Gasteiger partial charge in [0.25, 0.3) is 0 Å². The molecule has 5 heteroatoms. The van der Waals surface area contributed by atoms with Crippen molar-refractivity contribution in [2.24, 2.45) is 11.8 Å². The second kappa shape index (κ2) is 6.89. The molecule has 1 saturated heterocycles. The molecule has 0 saturated carbocycles. The Labute approximate surface area is 115 Å². The van der Waals surface area contributed by atoms with E-state index in [0.29, 0.717) is 12.5 Å². The summed E-state index contributed by atoms with van der Waals surface area (Å²) >= 11 is 0.